The Hall–Kier alpha value is -2.47. The Morgan fingerprint density at radius 2 is 0.750 bits per heavy atom. The van der Waals surface area contributed by atoms with Gasteiger partial charge in [0.2, 0.25) is 0 Å². The van der Waals surface area contributed by atoms with E-state index in [9.17, 15) is 68.2 Å². The van der Waals surface area contributed by atoms with E-state index in [2.05, 4.69) is 0 Å². The Morgan fingerprint density at radius 3 is 0.917 bits per heavy atom. The van der Waals surface area contributed by atoms with Crippen molar-refractivity contribution in [2.75, 3.05) is 0 Å². The molecule has 2 rings (SSSR count). The predicted molar refractivity (Wildman–Crippen MR) is 91.9 cm³/mol. The number of alkyl halides is 12. The van der Waals surface area contributed by atoms with E-state index in [4.69, 9.17) is 0 Å². The first-order valence-electron chi connectivity index (χ1n) is 9.00. The maximum Gasteiger partial charge on any atom is 0.416 e. The summed E-state index contributed by atoms with van der Waals surface area (Å²) in [6.07, 6.45) is -26.8. The van der Waals surface area contributed by atoms with E-state index in [1.807, 2.05) is 0 Å². The Kier molecular flexibility index (Phi) is 9.19. The fourth-order valence-corrected chi connectivity index (χ4v) is 3.03. The largest absolute Gasteiger partial charge is 0.416 e. The molecule has 3 nitrogen and oxygen atoms in total. The van der Waals surface area contributed by atoms with E-state index in [1.165, 1.54) is 0 Å². The van der Waals surface area contributed by atoms with E-state index in [0.717, 1.165) is 6.07 Å². The molecule has 16 heteroatoms. The van der Waals surface area contributed by atoms with Crippen molar-refractivity contribution in [2.45, 2.75) is 36.9 Å². The Balaban J connectivity index is 0.00000648. The zero-order valence-electron chi connectivity index (χ0n) is 16.9. The molecular weight excluding hydrogens is 570 g/mol. The Labute approximate surface area is 204 Å². The third-order valence-corrected chi connectivity index (χ3v) is 4.73. The van der Waals surface area contributed by atoms with E-state index in [0.29, 0.717) is 0 Å². The van der Waals surface area contributed by atoms with Crippen LogP contribution >= 0.6 is 0 Å². The molecule has 2 aromatic rings. The van der Waals surface area contributed by atoms with Crippen molar-refractivity contribution in [1.82, 2.24) is 0 Å². The molecular formula is C20H11F12FeNO2. The van der Waals surface area contributed by atoms with Gasteiger partial charge in [-0.15, -0.1) is 0 Å². The number of halogens is 12. The quantitative estimate of drug-likeness (QED) is 0.314. The van der Waals surface area contributed by atoms with Crippen LogP contribution in [0.15, 0.2) is 36.4 Å². The van der Waals surface area contributed by atoms with Crippen LogP contribution in [-0.2, 0) is 41.8 Å². The maximum atomic E-state index is 13.0. The van der Waals surface area contributed by atoms with Gasteiger partial charge >= 0.3 is 24.7 Å². The molecule has 0 fully saturated rings. The van der Waals surface area contributed by atoms with Gasteiger partial charge in [0.05, 0.1) is 40.5 Å². The topological polar surface area (TPSA) is 64.2 Å². The smallest absolute Gasteiger partial charge is 0.387 e. The normalized spacial score (nSPS) is 15.5. The summed E-state index contributed by atoms with van der Waals surface area (Å²) in [5.41, 5.74) is -10.1. The van der Waals surface area contributed by atoms with Crippen molar-refractivity contribution < 1.29 is 80.0 Å². The van der Waals surface area contributed by atoms with Gasteiger partial charge in [-0.1, -0.05) is 0 Å². The van der Waals surface area contributed by atoms with Crippen molar-refractivity contribution in [3.05, 3.63) is 69.8 Å². The molecule has 0 aromatic heterocycles. The van der Waals surface area contributed by atoms with Crippen LogP contribution in [0.2, 0.25) is 0 Å². The second-order valence-electron chi connectivity index (χ2n) is 7.22. The van der Waals surface area contributed by atoms with Gasteiger partial charge in [-0.05, 0) is 47.5 Å². The van der Waals surface area contributed by atoms with Gasteiger partial charge in [-0.2, -0.15) is 57.9 Å². The molecule has 0 amide bonds. The molecule has 0 aliphatic heterocycles. The molecule has 200 valence electrons. The number of nitriles is 1. The second-order valence-corrected chi connectivity index (χ2v) is 7.22. The van der Waals surface area contributed by atoms with Crippen molar-refractivity contribution in [3.8, 4) is 6.07 Å². The third kappa shape index (κ3) is 7.28. The van der Waals surface area contributed by atoms with Crippen molar-refractivity contribution in [3.63, 3.8) is 0 Å². The van der Waals surface area contributed by atoms with Crippen LogP contribution in [0.25, 0.3) is 0 Å². The van der Waals surface area contributed by atoms with Gasteiger partial charge < -0.3 is 10.2 Å². The average molecular weight is 581 g/mol. The SMILES string of the molecule is N#CC(C(O)c1cc(C(F)(F)F)cc(C(F)(F)F)c1)C(O)c1cc(C(F)(F)F)cc(C(F)(F)F)c1.[Fe]. The molecule has 0 spiro atoms. The number of aliphatic hydroxyl groups excluding tert-OH is 2. The summed E-state index contributed by atoms with van der Waals surface area (Å²) >= 11 is 0. The molecule has 0 radical (unpaired) electrons. The van der Waals surface area contributed by atoms with Crippen molar-refractivity contribution >= 4 is 0 Å². The minimum absolute atomic E-state index is 0. The molecule has 36 heavy (non-hydrogen) atoms. The fourth-order valence-electron chi connectivity index (χ4n) is 3.03. The molecule has 0 saturated carbocycles. The summed E-state index contributed by atoms with van der Waals surface area (Å²) in [5.74, 6) is -2.47. The van der Waals surface area contributed by atoms with Crippen LogP contribution < -0.4 is 0 Å². The molecule has 0 aliphatic carbocycles. The first-order valence-corrected chi connectivity index (χ1v) is 9.00. The van der Waals surface area contributed by atoms with Crippen LogP contribution in [0, 0.1) is 17.2 Å². The molecule has 0 saturated heterocycles. The molecule has 2 N–H and O–H groups in total. The Bertz CT molecular complexity index is 970. The minimum Gasteiger partial charge on any atom is -0.387 e. The zero-order chi connectivity index (χ0) is 27.1. The van der Waals surface area contributed by atoms with Crippen LogP contribution in [0.4, 0.5) is 52.7 Å². The molecule has 0 bridgehead atoms. The van der Waals surface area contributed by atoms with Gasteiger partial charge in [0.1, 0.15) is 5.92 Å². The summed E-state index contributed by atoms with van der Waals surface area (Å²) in [7, 11) is 0. The summed E-state index contributed by atoms with van der Waals surface area (Å²) in [6.45, 7) is 0. The van der Waals surface area contributed by atoms with Gasteiger partial charge in [0.15, 0.2) is 0 Å². The summed E-state index contributed by atoms with van der Waals surface area (Å²) < 4.78 is 157. The molecule has 0 aliphatic rings. The van der Waals surface area contributed by atoms with E-state index < -0.39 is 76.2 Å². The van der Waals surface area contributed by atoms with Crippen LogP contribution in [0.1, 0.15) is 45.6 Å². The number of benzene rings is 2. The molecule has 2 aromatic carbocycles. The average Bonchev–Trinajstić information content (AvgIpc) is 2.70. The number of hydrogen-bond donors (Lipinski definition) is 2. The van der Waals surface area contributed by atoms with Crippen LogP contribution in [-0.4, -0.2) is 10.2 Å². The molecule has 0 heterocycles. The van der Waals surface area contributed by atoms with Gasteiger partial charge in [0.25, 0.3) is 0 Å². The predicted octanol–water partition coefficient (Wildman–Crippen LogP) is 6.67. The van der Waals surface area contributed by atoms with Crippen molar-refractivity contribution in [2.24, 2.45) is 5.92 Å². The second kappa shape index (κ2) is 10.5. The standard InChI is InChI=1S/C20H11F12NO2.Fe/c21-17(22,23)10-1-8(2-11(5-10)18(24,25)26)15(34)14(7-33)16(35)9-3-12(19(27,28)29)6-13(4-9)20(30,31)32;/h1-6,14-16,34-35H;. The number of nitrogens with zero attached hydrogens (tertiary/aromatic N) is 1. The summed E-state index contributed by atoms with van der Waals surface area (Å²) in [4.78, 5) is 0. The molecule has 2 atom stereocenters. The minimum atomic E-state index is -5.36. The Morgan fingerprint density at radius 1 is 0.528 bits per heavy atom. The van der Waals surface area contributed by atoms with Gasteiger partial charge in [-0.3, -0.25) is 0 Å². The van der Waals surface area contributed by atoms with Crippen LogP contribution in [0.5, 0.6) is 0 Å². The first-order chi connectivity index (χ1) is 15.7. The summed E-state index contributed by atoms with van der Waals surface area (Å²) in [6, 6.07) is 0.505. The number of aliphatic hydroxyl groups is 2. The fraction of sp³-hybridized carbons (Fsp3) is 0.350. The van der Waals surface area contributed by atoms with E-state index in [1.54, 1.807) is 0 Å². The van der Waals surface area contributed by atoms with Crippen LogP contribution in [0.3, 0.4) is 0 Å². The zero-order valence-corrected chi connectivity index (χ0v) is 18.0. The van der Waals surface area contributed by atoms with Gasteiger partial charge in [-0.25, -0.2) is 0 Å². The maximum absolute atomic E-state index is 13.0. The third-order valence-electron chi connectivity index (χ3n) is 4.73. The monoisotopic (exact) mass is 581 g/mol. The first kappa shape index (κ1) is 31.6. The number of rotatable bonds is 4. The van der Waals surface area contributed by atoms with E-state index >= 15 is 0 Å². The molecule has 2 unspecified atom stereocenters. The van der Waals surface area contributed by atoms with Gasteiger partial charge in [0, 0.05) is 17.1 Å². The van der Waals surface area contributed by atoms with E-state index in [-0.39, 0.29) is 53.5 Å². The summed E-state index contributed by atoms with van der Waals surface area (Å²) in [5, 5.41) is 29.8. The van der Waals surface area contributed by atoms with Crippen molar-refractivity contribution in [1.29, 1.82) is 5.26 Å². The number of hydrogen-bond acceptors (Lipinski definition) is 3.